The van der Waals surface area contributed by atoms with Crippen LogP contribution in [0.1, 0.15) is 37.3 Å². The lowest BCUT2D eigenvalue weighted by atomic mass is 9.94. The van der Waals surface area contributed by atoms with Crippen molar-refractivity contribution in [2.24, 2.45) is 11.8 Å². The van der Waals surface area contributed by atoms with Crippen LogP contribution < -0.4 is 14.4 Å². The summed E-state index contributed by atoms with van der Waals surface area (Å²) in [5, 5.41) is 0. The number of hydrogen-bond donors (Lipinski definition) is 0. The Morgan fingerprint density at radius 3 is 2.09 bits per heavy atom. The van der Waals surface area contributed by atoms with Crippen LogP contribution in [0, 0.1) is 11.8 Å². The largest absolute Gasteiger partial charge is 0.490 e. The van der Waals surface area contributed by atoms with Crippen molar-refractivity contribution in [3.63, 3.8) is 0 Å². The van der Waals surface area contributed by atoms with Gasteiger partial charge in [0, 0.05) is 31.1 Å². The summed E-state index contributed by atoms with van der Waals surface area (Å²) in [5.74, 6) is 0.973. The molecule has 0 spiro atoms. The Morgan fingerprint density at radius 2 is 1.55 bits per heavy atom. The van der Waals surface area contributed by atoms with Crippen molar-refractivity contribution in [3.8, 4) is 11.5 Å². The molecule has 1 aromatic heterocycles. The van der Waals surface area contributed by atoms with E-state index in [1.807, 2.05) is 11.8 Å². The number of hydrogen-bond acceptors (Lipinski definition) is 4. The fourth-order valence-corrected chi connectivity index (χ4v) is 4.55. The zero-order chi connectivity index (χ0) is 23.8. The lowest BCUT2D eigenvalue weighted by molar-refractivity contribution is -0.138. The van der Waals surface area contributed by atoms with Crippen LogP contribution in [0.15, 0.2) is 36.5 Å². The Balaban J connectivity index is 1.49. The van der Waals surface area contributed by atoms with E-state index in [1.54, 1.807) is 0 Å². The number of anilines is 1. The van der Waals surface area contributed by atoms with Gasteiger partial charge >= 0.3 is 12.4 Å². The number of piperidine rings is 1. The van der Waals surface area contributed by atoms with Crippen LogP contribution in [-0.4, -0.2) is 30.8 Å². The molecule has 0 N–H and O–H groups in total. The third kappa shape index (κ3) is 5.14. The van der Waals surface area contributed by atoms with Gasteiger partial charge in [0.2, 0.25) is 0 Å². The smallest absolute Gasteiger partial charge is 0.417 e. The van der Waals surface area contributed by atoms with Crippen molar-refractivity contribution in [3.05, 3.63) is 47.7 Å². The Kier molecular flexibility index (Phi) is 6.37. The highest BCUT2D eigenvalue weighted by Crippen LogP contribution is 2.43. The van der Waals surface area contributed by atoms with Gasteiger partial charge < -0.3 is 14.4 Å². The number of aromatic nitrogens is 1. The molecule has 2 bridgehead atoms. The molecule has 3 atom stereocenters. The van der Waals surface area contributed by atoms with Gasteiger partial charge in [0.05, 0.1) is 17.7 Å². The van der Waals surface area contributed by atoms with Gasteiger partial charge in [-0.2, -0.15) is 26.3 Å². The number of pyridine rings is 1. The van der Waals surface area contributed by atoms with E-state index >= 15 is 0 Å². The van der Waals surface area contributed by atoms with E-state index in [4.69, 9.17) is 9.47 Å². The molecule has 1 aliphatic heterocycles. The molecule has 1 aliphatic carbocycles. The minimum Gasteiger partial charge on any atom is -0.490 e. The van der Waals surface area contributed by atoms with Crippen LogP contribution in [-0.2, 0) is 12.4 Å². The average molecular weight is 474 g/mol. The van der Waals surface area contributed by atoms with E-state index in [9.17, 15) is 26.3 Å². The molecule has 33 heavy (non-hydrogen) atoms. The van der Waals surface area contributed by atoms with E-state index < -0.39 is 23.5 Å². The van der Waals surface area contributed by atoms with Crippen molar-refractivity contribution in [2.45, 2.75) is 44.6 Å². The number of benzene rings is 1. The van der Waals surface area contributed by atoms with Crippen molar-refractivity contribution in [1.29, 1.82) is 0 Å². The predicted octanol–water partition coefficient (Wildman–Crippen LogP) is 6.20. The van der Waals surface area contributed by atoms with Crippen LogP contribution in [0.2, 0.25) is 0 Å². The van der Waals surface area contributed by atoms with Gasteiger partial charge in [0.1, 0.15) is 11.9 Å². The van der Waals surface area contributed by atoms with Crippen molar-refractivity contribution < 1.29 is 35.8 Å². The number of nitrogens with zero attached hydrogens (tertiary/aromatic N) is 2. The molecule has 1 saturated carbocycles. The molecule has 2 fully saturated rings. The second-order valence-corrected chi connectivity index (χ2v) is 8.50. The molecule has 1 unspecified atom stereocenters. The summed E-state index contributed by atoms with van der Waals surface area (Å²) in [6.07, 6.45) is -5.95. The molecule has 0 radical (unpaired) electrons. The first-order chi connectivity index (χ1) is 15.6. The van der Waals surface area contributed by atoms with Crippen LogP contribution in [0.25, 0.3) is 0 Å². The lowest BCUT2D eigenvalue weighted by Gasteiger charge is -2.38. The van der Waals surface area contributed by atoms with Gasteiger partial charge in [-0.25, -0.2) is 4.98 Å². The molecule has 0 amide bonds. The van der Waals surface area contributed by atoms with Gasteiger partial charge in [0.25, 0.3) is 0 Å². The first kappa shape index (κ1) is 23.5. The number of fused-ring (bicyclic) bond motifs is 2. The highest BCUT2D eigenvalue weighted by atomic mass is 19.4. The topological polar surface area (TPSA) is 34.6 Å². The van der Waals surface area contributed by atoms with Crippen LogP contribution in [0.4, 0.5) is 32.2 Å². The Labute approximate surface area is 187 Å². The Bertz CT molecular complexity index is 947. The van der Waals surface area contributed by atoms with E-state index in [-0.39, 0.29) is 36.0 Å². The predicted molar refractivity (Wildman–Crippen MR) is 109 cm³/mol. The first-order valence-corrected chi connectivity index (χ1v) is 10.8. The maximum absolute atomic E-state index is 13.1. The van der Waals surface area contributed by atoms with Gasteiger partial charge in [-0.1, -0.05) is 6.92 Å². The first-order valence-electron chi connectivity index (χ1n) is 10.8. The molecule has 1 aromatic carbocycles. The average Bonchev–Trinajstić information content (AvgIpc) is 2.98. The summed E-state index contributed by atoms with van der Waals surface area (Å²) >= 11 is 0. The summed E-state index contributed by atoms with van der Waals surface area (Å²) in [5.41, 5.74) is -1.60. The standard InChI is InChI=1S/C23H24F6N2O2/c1-2-9-32-19-10-16(22(24,25)26)5-7-18(19)33-21-14-3-4-15(21)13-31(12-14)20-8-6-17(11-30-20)23(27,28)29/h5-8,10-11,14-15,21H,2-4,9,12-13H2,1H3/t14-,15+,21?. The summed E-state index contributed by atoms with van der Waals surface area (Å²) in [6.45, 7) is 3.22. The second kappa shape index (κ2) is 8.95. The molecule has 2 heterocycles. The summed E-state index contributed by atoms with van der Waals surface area (Å²) in [4.78, 5) is 5.94. The number of halogens is 6. The molecule has 1 saturated heterocycles. The van der Waals surface area contributed by atoms with Crippen LogP contribution >= 0.6 is 0 Å². The van der Waals surface area contributed by atoms with Gasteiger partial charge in [0.15, 0.2) is 11.5 Å². The van der Waals surface area contributed by atoms with Gasteiger partial charge in [-0.15, -0.1) is 0 Å². The van der Waals surface area contributed by atoms with Crippen molar-refractivity contribution in [2.75, 3.05) is 24.6 Å². The van der Waals surface area contributed by atoms with Gasteiger partial charge in [-0.3, -0.25) is 0 Å². The quantitative estimate of drug-likeness (QED) is 0.467. The zero-order valence-corrected chi connectivity index (χ0v) is 17.9. The Hall–Kier alpha value is -2.65. The maximum atomic E-state index is 13.1. The monoisotopic (exact) mass is 474 g/mol. The molecule has 4 nitrogen and oxygen atoms in total. The maximum Gasteiger partial charge on any atom is 0.417 e. The summed E-state index contributed by atoms with van der Waals surface area (Å²) in [6, 6.07) is 5.64. The Morgan fingerprint density at radius 1 is 0.909 bits per heavy atom. The van der Waals surface area contributed by atoms with Crippen molar-refractivity contribution in [1.82, 2.24) is 4.98 Å². The van der Waals surface area contributed by atoms with E-state index in [1.165, 1.54) is 12.1 Å². The van der Waals surface area contributed by atoms with Crippen LogP contribution in [0.3, 0.4) is 0 Å². The van der Waals surface area contributed by atoms with Gasteiger partial charge in [-0.05, 0) is 49.6 Å². The zero-order valence-electron chi connectivity index (χ0n) is 17.9. The highest BCUT2D eigenvalue weighted by molar-refractivity contribution is 5.45. The summed E-state index contributed by atoms with van der Waals surface area (Å²) in [7, 11) is 0. The van der Waals surface area contributed by atoms with Crippen LogP contribution in [0.5, 0.6) is 11.5 Å². The SMILES string of the molecule is CCCOc1cc(C(F)(F)F)ccc1OC1[C@@H]2CC[C@H]1CN(c1ccc(C(F)(F)F)cn1)C2. The van der Waals surface area contributed by atoms with Crippen molar-refractivity contribution >= 4 is 5.82 Å². The fourth-order valence-electron chi connectivity index (χ4n) is 4.55. The minimum absolute atomic E-state index is 0.0675. The molecule has 10 heteroatoms. The van der Waals surface area contributed by atoms with E-state index in [0.717, 1.165) is 37.2 Å². The molecular formula is C23H24F6N2O2. The van der Waals surface area contributed by atoms with E-state index in [2.05, 4.69) is 4.98 Å². The van der Waals surface area contributed by atoms with E-state index in [0.29, 0.717) is 25.3 Å². The summed E-state index contributed by atoms with van der Waals surface area (Å²) < 4.78 is 89.6. The fraction of sp³-hybridized carbons (Fsp3) is 0.522. The normalized spacial score (nSPS) is 23.0. The molecular weight excluding hydrogens is 450 g/mol. The molecule has 180 valence electrons. The number of rotatable bonds is 6. The molecule has 2 aromatic rings. The second-order valence-electron chi connectivity index (χ2n) is 8.50. The minimum atomic E-state index is -4.48. The number of alkyl halides is 6. The molecule has 2 aliphatic rings. The third-order valence-electron chi connectivity index (χ3n) is 6.14. The third-order valence-corrected chi connectivity index (χ3v) is 6.14. The number of ether oxygens (including phenoxy) is 2. The highest BCUT2D eigenvalue weighted by Gasteiger charge is 2.44. The lowest BCUT2D eigenvalue weighted by Crippen LogP contribution is -2.47. The molecule has 4 rings (SSSR count).